The van der Waals surface area contributed by atoms with Crippen LogP contribution in [0, 0.1) is 0 Å². The van der Waals surface area contributed by atoms with E-state index in [1.54, 1.807) is 27.7 Å². The van der Waals surface area contributed by atoms with Crippen LogP contribution in [0.25, 0.3) is 0 Å². The summed E-state index contributed by atoms with van der Waals surface area (Å²) in [6.45, 7) is 7.07. The molecule has 0 heterocycles. The molecule has 0 unspecified atom stereocenters. The van der Waals surface area contributed by atoms with Gasteiger partial charge in [0.1, 0.15) is 0 Å². The van der Waals surface area contributed by atoms with Crippen molar-refractivity contribution < 1.29 is 0 Å². The van der Waals surface area contributed by atoms with E-state index in [4.69, 9.17) is 11.7 Å². The molecule has 0 fully saturated rings. The Hall–Kier alpha value is -1.72. The van der Waals surface area contributed by atoms with Crippen LogP contribution in [0.4, 0.5) is 0 Å². The lowest BCUT2D eigenvalue weighted by Gasteiger charge is -1.96. The number of hydrazone groups is 2. The Kier molecular flexibility index (Phi) is 5.13. The van der Waals surface area contributed by atoms with E-state index in [2.05, 4.69) is 20.4 Å². The SMILES string of the molecule is CC(=N/N=C(C)/C(C)=N/N)/C(C)=N/N. The van der Waals surface area contributed by atoms with Gasteiger partial charge in [0.15, 0.2) is 0 Å². The van der Waals surface area contributed by atoms with Crippen molar-refractivity contribution >= 4 is 22.8 Å². The summed E-state index contributed by atoms with van der Waals surface area (Å²) >= 11 is 0. The summed E-state index contributed by atoms with van der Waals surface area (Å²) in [7, 11) is 0. The van der Waals surface area contributed by atoms with Crippen LogP contribution < -0.4 is 11.7 Å². The summed E-state index contributed by atoms with van der Waals surface area (Å²) in [5.74, 6) is 10.2. The second-order valence-corrected chi connectivity index (χ2v) is 2.80. The van der Waals surface area contributed by atoms with Gasteiger partial charge in [0.2, 0.25) is 0 Å². The van der Waals surface area contributed by atoms with Crippen LogP contribution >= 0.6 is 0 Å². The first-order valence-corrected chi connectivity index (χ1v) is 4.11. The van der Waals surface area contributed by atoms with Crippen molar-refractivity contribution in [1.29, 1.82) is 0 Å². The van der Waals surface area contributed by atoms with Crippen LogP contribution in [0.2, 0.25) is 0 Å². The molecular weight excluding hydrogens is 180 g/mol. The highest BCUT2D eigenvalue weighted by Crippen LogP contribution is 1.88. The standard InChI is InChI=1S/C8H16N6/c1-5(11-9)7(3)13-14-8(4)6(2)12-10/h9-10H2,1-4H3/b11-5+,12-6+,13-7-,14-8+. The Morgan fingerprint density at radius 2 is 0.929 bits per heavy atom. The molecule has 6 nitrogen and oxygen atoms in total. The summed E-state index contributed by atoms with van der Waals surface area (Å²) < 4.78 is 0. The molecule has 6 heteroatoms. The highest BCUT2D eigenvalue weighted by atomic mass is 15.2. The van der Waals surface area contributed by atoms with Crippen molar-refractivity contribution in [2.24, 2.45) is 32.1 Å². The van der Waals surface area contributed by atoms with Crippen molar-refractivity contribution in [3.8, 4) is 0 Å². The number of nitrogens with two attached hydrogens (primary N) is 2. The summed E-state index contributed by atoms with van der Waals surface area (Å²) in [6, 6.07) is 0. The number of hydrogen-bond donors (Lipinski definition) is 2. The first-order chi connectivity index (χ1) is 6.52. The fourth-order valence-corrected chi connectivity index (χ4v) is 0.482. The number of hydrogen-bond acceptors (Lipinski definition) is 6. The highest BCUT2D eigenvalue weighted by molar-refractivity contribution is 6.42. The van der Waals surface area contributed by atoms with Crippen molar-refractivity contribution in [2.75, 3.05) is 0 Å². The molecular formula is C8H16N6. The fourth-order valence-electron chi connectivity index (χ4n) is 0.482. The average molecular weight is 196 g/mol. The predicted molar refractivity (Wildman–Crippen MR) is 60.8 cm³/mol. The third-order valence-corrected chi connectivity index (χ3v) is 1.78. The van der Waals surface area contributed by atoms with Crippen molar-refractivity contribution in [3.05, 3.63) is 0 Å². The van der Waals surface area contributed by atoms with Crippen LogP contribution in [-0.4, -0.2) is 22.8 Å². The van der Waals surface area contributed by atoms with E-state index in [9.17, 15) is 0 Å². The van der Waals surface area contributed by atoms with Gasteiger partial charge in [-0.1, -0.05) is 0 Å². The van der Waals surface area contributed by atoms with Gasteiger partial charge in [0.25, 0.3) is 0 Å². The van der Waals surface area contributed by atoms with E-state index in [0.29, 0.717) is 22.8 Å². The maximum Gasteiger partial charge on any atom is 0.0828 e. The Morgan fingerprint density at radius 3 is 1.14 bits per heavy atom. The summed E-state index contributed by atoms with van der Waals surface area (Å²) in [4.78, 5) is 0. The van der Waals surface area contributed by atoms with E-state index in [-0.39, 0.29) is 0 Å². The third kappa shape index (κ3) is 3.79. The van der Waals surface area contributed by atoms with E-state index in [1.807, 2.05) is 0 Å². The normalized spacial score (nSPS) is 16.0. The lowest BCUT2D eigenvalue weighted by Crippen LogP contribution is -2.10. The molecule has 0 rings (SSSR count). The monoisotopic (exact) mass is 196 g/mol. The largest absolute Gasteiger partial charge is 0.323 e. The summed E-state index contributed by atoms with van der Waals surface area (Å²) in [6.07, 6.45) is 0. The maximum absolute atomic E-state index is 5.08. The molecule has 14 heavy (non-hydrogen) atoms. The number of rotatable bonds is 3. The minimum atomic E-state index is 0.642. The first-order valence-electron chi connectivity index (χ1n) is 4.11. The molecule has 0 atom stereocenters. The maximum atomic E-state index is 5.08. The second-order valence-electron chi connectivity index (χ2n) is 2.80. The van der Waals surface area contributed by atoms with Gasteiger partial charge in [-0.15, -0.1) is 0 Å². The van der Waals surface area contributed by atoms with Gasteiger partial charge < -0.3 is 11.7 Å². The van der Waals surface area contributed by atoms with Gasteiger partial charge in [0, 0.05) is 0 Å². The Balaban J connectivity index is 4.71. The molecule has 0 aromatic rings. The molecule has 78 valence electrons. The Labute approximate surface area is 83.5 Å². The second kappa shape index (κ2) is 5.85. The summed E-state index contributed by atoms with van der Waals surface area (Å²) in [5.41, 5.74) is 2.61. The lowest BCUT2D eigenvalue weighted by atomic mass is 10.3. The zero-order valence-electron chi connectivity index (χ0n) is 8.94. The van der Waals surface area contributed by atoms with Gasteiger partial charge in [-0.2, -0.15) is 20.4 Å². The first kappa shape index (κ1) is 12.3. The molecule has 0 radical (unpaired) electrons. The number of nitrogens with zero attached hydrogens (tertiary/aromatic N) is 4. The molecule has 0 aliphatic heterocycles. The van der Waals surface area contributed by atoms with Crippen molar-refractivity contribution in [2.45, 2.75) is 27.7 Å². The molecule has 0 saturated carbocycles. The minimum absolute atomic E-state index is 0.642. The van der Waals surface area contributed by atoms with Crippen LogP contribution in [0.3, 0.4) is 0 Å². The van der Waals surface area contributed by atoms with E-state index in [0.717, 1.165) is 0 Å². The molecule has 0 spiro atoms. The lowest BCUT2D eigenvalue weighted by molar-refractivity contribution is 1.20. The molecule has 0 aromatic carbocycles. The van der Waals surface area contributed by atoms with Crippen molar-refractivity contribution in [3.63, 3.8) is 0 Å². The average Bonchev–Trinajstić information content (AvgIpc) is 2.22. The minimum Gasteiger partial charge on any atom is -0.323 e. The van der Waals surface area contributed by atoms with Gasteiger partial charge >= 0.3 is 0 Å². The zero-order valence-corrected chi connectivity index (χ0v) is 8.94. The van der Waals surface area contributed by atoms with Gasteiger partial charge in [-0.3, -0.25) is 0 Å². The molecule has 0 saturated heterocycles. The smallest absolute Gasteiger partial charge is 0.0828 e. The van der Waals surface area contributed by atoms with E-state index in [1.165, 1.54) is 0 Å². The molecule has 0 bridgehead atoms. The van der Waals surface area contributed by atoms with E-state index >= 15 is 0 Å². The molecule has 4 N–H and O–H groups in total. The van der Waals surface area contributed by atoms with Gasteiger partial charge in [-0.05, 0) is 27.7 Å². The van der Waals surface area contributed by atoms with Crippen LogP contribution in [-0.2, 0) is 0 Å². The summed E-state index contributed by atoms with van der Waals surface area (Å²) in [5, 5.41) is 14.8. The Bertz CT molecular complexity index is 278. The van der Waals surface area contributed by atoms with Gasteiger partial charge in [-0.25, -0.2) is 0 Å². The predicted octanol–water partition coefficient (Wildman–Crippen LogP) is 0.492. The zero-order chi connectivity index (χ0) is 11.1. The van der Waals surface area contributed by atoms with E-state index < -0.39 is 0 Å². The van der Waals surface area contributed by atoms with Gasteiger partial charge in [0.05, 0.1) is 22.8 Å². The molecule has 0 aliphatic carbocycles. The van der Waals surface area contributed by atoms with Crippen molar-refractivity contribution in [1.82, 2.24) is 0 Å². The van der Waals surface area contributed by atoms with Crippen LogP contribution in [0.1, 0.15) is 27.7 Å². The Morgan fingerprint density at radius 1 is 0.643 bits per heavy atom. The molecule has 0 aromatic heterocycles. The third-order valence-electron chi connectivity index (χ3n) is 1.78. The quantitative estimate of drug-likeness (QED) is 0.390. The van der Waals surface area contributed by atoms with Crippen LogP contribution in [0.5, 0.6) is 0 Å². The highest BCUT2D eigenvalue weighted by Gasteiger charge is 1.97. The molecule has 0 amide bonds. The van der Waals surface area contributed by atoms with Crippen LogP contribution in [0.15, 0.2) is 20.4 Å². The fraction of sp³-hybridized carbons (Fsp3) is 0.500. The molecule has 0 aliphatic rings. The topological polar surface area (TPSA) is 101 Å².